The molecular weight excluding hydrogens is 422 g/mol. The van der Waals surface area contributed by atoms with Crippen molar-refractivity contribution < 1.29 is 32.1 Å². The van der Waals surface area contributed by atoms with Crippen molar-refractivity contribution >= 4 is 13.8 Å². The highest BCUT2D eigenvalue weighted by atomic mass is 31.2. The van der Waals surface area contributed by atoms with Gasteiger partial charge in [-0.3, -0.25) is 18.4 Å². The van der Waals surface area contributed by atoms with Crippen molar-refractivity contribution in [3.05, 3.63) is 12.2 Å². The van der Waals surface area contributed by atoms with E-state index in [9.17, 15) is 13.8 Å². The van der Waals surface area contributed by atoms with Crippen LogP contribution in [0.4, 0.5) is 4.39 Å². The summed E-state index contributed by atoms with van der Waals surface area (Å²) in [6.45, 7) is 0.936. The van der Waals surface area contributed by atoms with Gasteiger partial charge in [0, 0.05) is 20.6 Å². The molecular formula is C23H44FO6P. The van der Waals surface area contributed by atoms with Gasteiger partial charge in [0.2, 0.25) is 0 Å². The zero-order valence-electron chi connectivity index (χ0n) is 19.8. The quantitative estimate of drug-likeness (QED) is 0.0720. The van der Waals surface area contributed by atoms with Crippen molar-refractivity contribution in [2.45, 2.75) is 103 Å². The van der Waals surface area contributed by atoms with E-state index >= 15 is 0 Å². The number of esters is 1. The van der Waals surface area contributed by atoms with Crippen LogP contribution in [0, 0.1) is 0 Å². The van der Waals surface area contributed by atoms with Gasteiger partial charge >= 0.3 is 13.8 Å². The number of carbonyl (C=O) groups excluding carboxylic acids is 1. The summed E-state index contributed by atoms with van der Waals surface area (Å²) in [6.07, 6.45) is 19.1. The highest BCUT2D eigenvalue weighted by Gasteiger charge is 2.26. The van der Waals surface area contributed by atoms with Gasteiger partial charge < -0.3 is 4.74 Å². The third-order valence-corrected chi connectivity index (χ3v) is 6.34. The van der Waals surface area contributed by atoms with Crippen LogP contribution in [0.3, 0.4) is 0 Å². The van der Waals surface area contributed by atoms with Crippen molar-refractivity contribution in [2.75, 3.05) is 27.5 Å². The Morgan fingerprint density at radius 1 is 0.871 bits per heavy atom. The van der Waals surface area contributed by atoms with Crippen molar-refractivity contribution in [3.8, 4) is 0 Å². The fourth-order valence-corrected chi connectivity index (χ4v) is 3.76. The maximum atomic E-state index is 13.0. The first-order valence-corrected chi connectivity index (χ1v) is 13.2. The monoisotopic (exact) mass is 466 g/mol. The molecule has 0 spiro atoms. The lowest BCUT2D eigenvalue weighted by Crippen LogP contribution is -2.25. The maximum absolute atomic E-state index is 13.0. The molecule has 0 aromatic rings. The van der Waals surface area contributed by atoms with E-state index in [2.05, 4.69) is 28.1 Å². The minimum Gasteiger partial charge on any atom is -0.457 e. The second-order valence-electron chi connectivity index (χ2n) is 7.71. The van der Waals surface area contributed by atoms with E-state index in [1.165, 1.54) is 44.9 Å². The zero-order chi connectivity index (χ0) is 23.2. The number of ether oxygens (including phenoxy) is 1. The van der Waals surface area contributed by atoms with Gasteiger partial charge in [0.15, 0.2) is 6.10 Å². The van der Waals surface area contributed by atoms with Crippen LogP contribution in [0.2, 0.25) is 0 Å². The lowest BCUT2D eigenvalue weighted by molar-refractivity contribution is -0.152. The molecule has 0 saturated carbocycles. The molecule has 0 aliphatic rings. The second-order valence-corrected chi connectivity index (χ2v) is 9.59. The molecule has 8 heteroatoms. The number of hydrogen-bond donors (Lipinski definition) is 0. The average Bonchev–Trinajstić information content (AvgIpc) is 2.78. The van der Waals surface area contributed by atoms with Crippen molar-refractivity contribution in [1.29, 1.82) is 0 Å². The average molecular weight is 467 g/mol. The lowest BCUT2D eigenvalue weighted by atomic mass is 10.1. The number of carbonyl (C=O) groups is 1. The SMILES string of the molecule is CCCCCCCC/C=C\CCCCCCCC(=O)O[C@H](CF)COP(=O)(OC)OC. The molecule has 0 aromatic carbocycles. The zero-order valence-corrected chi connectivity index (χ0v) is 20.7. The smallest absolute Gasteiger partial charge is 0.457 e. The fourth-order valence-electron chi connectivity index (χ4n) is 3.05. The maximum Gasteiger partial charge on any atom is 0.474 e. The fraction of sp³-hybridized carbons (Fsp3) is 0.870. The van der Waals surface area contributed by atoms with Gasteiger partial charge in [0.25, 0.3) is 0 Å². The molecule has 0 fully saturated rings. The Kier molecular flexibility index (Phi) is 20.6. The van der Waals surface area contributed by atoms with E-state index in [1.54, 1.807) is 0 Å². The molecule has 184 valence electrons. The molecule has 0 unspecified atom stereocenters. The van der Waals surface area contributed by atoms with Crippen molar-refractivity contribution in [1.82, 2.24) is 0 Å². The number of phosphoric acid groups is 1. The molecule has 0 amide bonds. The predicted octanol–water partition coefficient (Wildman–Crippen LogP) is 7.32. The summed E-state index contributed by atoms with van der Waals surface area (Å²) < 4.78 is 43.8. The van der Waals surface area contributed by atoms with Gasteiger partial charge in [0.1, 0.15) is 6.67 Å². The molecule has 31 heavy (non-hydrogen) atoms. The second kappa shape index (κ2) is 21.1. The minimum absolute atomic E-state index is 0.237. The Morgan fingerprint density at radius 2 is 1.39 bits per heavy atom. The molecule has 0 rings (SSSR count). The van der Waals surface area contributed by atoms with Crippen LogP contribution in [-0.2, 0) is 27.7 Å². The van der Waals surface area contributed by atoms with E-state index in [-0.39, 0.29) is 13.0 Å². The summed E-state index contributed by atoms with van der Waals surface area (Å²) >= 11 is 0. The van der Waals surface area contributed by atoms with Crippen LogP contribution >= 0.6 is 7.82 Å². The Balaban J connectivity index is 3.62. The molecule has 0 aliphatic heterocycles. The largest absolute Gasteiger partial charge is 0.474 e. The van der Waals surface area contributed by atoms with Gasteiger partial charge in [0.05, 0.1) is 6.61 Å². The summed E-state index contributed by atoms with van der Waals surface area (Å²) in [7, 11) is -1.39. The van der Waals surface area contributed by atoms with Crippen LogP contribution in [0.15, 0.2) is 12.2 Å². The van der Waals surface area contributed by atoms with E-state index in [1.807, 2.05) is 0 Å². The van der Waals surface area contributed by atoms with Crippen LogP contribution in [0.25, 0.3) is 0 Å². The number of rotatable bonds is 22. The van der Waals surface area contributed by atoms with E-state index in [0.717, 1.165) is 46.3 Å². The third-order valence-electron chi connectivity index (χ3n) is 4.98. The number of hydrogen-bond acceptors (Lipinski definition) is 6. The summed E-state index contributed by atoms with van der Waals surface area (Å²) in [5.41, 5.74) is 0. The first-order chi connectivity index (χ1) is 15.0. The van der Waals surface area contributed by atoms with Gasteiger partial charge in [-0.1, -0.05) is 70.4 Å². The Bertz CT molecular complexity index is 492. The topological polar surface area (TPSA) is 71.1 Å². The van der Waals surface area contributed by atoms with Crippen molar-refractivity contribution in [2.24, 2.45) is 0 Å². The van der Waals surface area contributed by atoms with E-state index in [0.29, 0.717) is 6.42 Å². The Hall–Kier alpha value is -0.750. The lowest BCUT2D eigenvalue weighted by Gasteiger charge is -2.18. The standard InChI is InChI=1S/C23H44FO6P/c1-4-5-6-7-8-9-10-11-12-13-14-15-16-17-18-19-23(25)30-22(20-24)21-29-31(26,27-2)28-3/h11-12,22H,4-10,13-21H2,1-3H3/b12-11-/t22-/m1/s1. The summed E-state index contributed by atoms with van der Waals surface area (Å²) in [5, 5.41) is 0. The normalized spacial score (nSPS) is 13.0. The van der Waals surface area contributed by atoms with Gasteiger partial charge in [-0.25, -0.2) is 8.96 Å². The number of halogens is 1. The molecule has 0 aliphatic carbocycles. The van der Waals surface area contributed by atoms with Crippen LogP contribution in [-0.4, -0.2) is 39.6 Å². The highest BCUT2D eigenvalue weighted by Crippen LogP contribution is 2.47. The molecule has 1 atom stereocenters. The van der Waals surface area contributed by atoms with Gasteiger partial charge in [-0.2, -0.15) is 0 Å². The molecule has 6 nitrogen and oxygen atoms in total. The first-order valence-electron chi connectivity index (χ1n) is 11.8. The van der Waals surface area contributed by atoms with Crippen LogP contribution in [0.1, 0.15) is 96.8 Å². The highest BCUT2D eigenvalue weighted by molar-refractivity contribution is 7.48. The first kappa shape index (κ1) is 30.2. The molecule has 0 saturated heterocycles. The van der Waals surface area contributed by atoms with Crippen molar-refractivity contribution in [3.63, 3.8) is 0 Å². The number of phosphoric ester groups is 1. The minimum atomic E-state index is -3.71. The van der Waals surface area contributed by atoms with E-state index < -0.39 is 26.6 Å². The predicted molar refractivity (Wildman–Crippen MR) is 123 cm³/mol. The molecule has 0 aromatic heterocycles. The number of alkyl halides is 1. The Labute approximate surface area is 188 Å². The number of unbranched alkanes of at least 4 members (excludes halogenated alkanes) is 11. The summed E-state index contributed by atoms with van der Waals surface area (Å²) in [6, 6.07) is 0. The number of allylic oxidation sites excluding steroid dienone is 2. The van der Waals surface area contributed by atoms with E-state index in [4.69, 9.17) is 9.26 Å². The van der Waals surface area contributed by atoms with Crippen LogP contribution < -0.4 is 0 Å². The summed E-state index contributed by atoms with van der Waals surface area (Å²) in [4.78, 5) is 11.8. The van der Waals surface area contributed by atoms with Gasteiger partial charge in [-0.15, -0.1) is 0 Å². The van der Waals surface area contributed by atoms with Gasteiger partial charge in [-0.05, 0) is 32.1 Å². The molecule has 0 heterocycles. The molecule has 0 radical (unpaired) electrons. The van der Waals surface area contributed by atoms with Crippen LogP contribution in [0.5, 0.6) is 0 Å². The summed E-state index contributed by atoms with van der Waals surface area (Å²) in [5.74, 6) is -0.478. The Morgan fingerprint density at radius 3 is 1.90 bits per heavy atom. The molecule has 0 N–H and O–H groups in total. The molecule has 0 bridgehead atoms. The third kappa shape index (κ3) is 18.5.